The van der Waals surface area contributed by atoms with Gasteiger partial charge in [-0.1, -0.05) is 23.7 Å². The number of carbonyl (C=O) groups excluding carboxylic acids is 1. The summed E-state index contributed by atoms with van der Waals surface area (Å²) in [6.07, 6.45) is 4.67. The molecule has 2 aliphatic rings. The molecule has 0 bridgehead atoms. The maximum atomic E-state index is 11.8. The van der Waals surface area contributed by atoms with Crippen molar-refractivity contribution in [2.45, 2.75) is 37.8 Å². The van der Waals surface area contributed by atoms with Gasteiger partial charge in [0.2, 0.25) is 0 Å². The fourth-order valence-corrected chi connectivity index (χ4v) is 3.08. The monoisotopic (exact) mass is 307 g/mol. The molecule has 1 atom stereocenters. The van der Waals surface area contributed by atoms with Crippen LogP contribution in [0.4, 0.5) is 4.79 Å². The molecule has 1 saturated heterocycles. The van der Waals surface area contributed by atoms with E-state index in [9.17, 15) is 4.79 Å². The molecule has 0 radical (unpaired) electrons. The first kappa shape index (κ1) is 14.7. The van der Waals surface area contributed by atoms with Crippen molar-refractivity contribution in [2.75, 3.05) is 19.6 Å². The molecule has 1 saturated carbocycles. The Bertz CT molecular complexity index is 498. The van der Waals surface area contributed by atoms with Gasteiger partial charge in [-0.2, -0.15) is 0 Å². The van der Waals surface area contributed by atoms with Crippen LogP contribution in [0.3, 0.4) is 0 Å². The molecular weight excluding hydrogens is 286 g/mol. The van der Waals surface area contributed by atoms with E-state index >= 15 is 0 Å². The highest BCUT2D eigenvalue weighted by atomic mass is 35.5. The molecule has 2 fully saturated rings. The van der Waals surface area contributed by atoms with E-state index in [0.717, 1.165) is 31.0 Å². The van der Waals surface area contributed by atoms with Crippen molar-refractivity contribution in [3.63, 3.8) is 0 Å². The third-order valence-corrected chi connectivity index (χ3v) is 4.42. The molecule has 1 aliphatic heterocycles. The average molecular weight is 308 g/mol. The van der Waals surface area contributed by atoms with Gasteiger partial charge in [0.1, 0.15) is 0 Å². The molecule has 1 heterocycles. The lowest BCUT2D eigenvalue weighted by atomic mass is 10.1. The number of nitrogens with zero attached hydrogens (tertiary/aromatic N) is 1. The van der Waals surface area contributed by atoms with E-state index in [-0.39, 0.29) is 12.1 Å². The molecule has 114 valence electrons. The van der Waals surface area contributed by atoms with Gasteiger partial charge in [-0.3, -0.25) is 4.90 Å². The first-order valence-corrected chi connectivity index (χ1v) is 8.14. The van der Waals surface area contributed by atoms with E-state index in [2.05, 4.69) is 21.6 Å². The van der Waals surface area contributed by atoms with Crippen molar-refractivity contribution < 1.29 is 4.79 Å². The van der Waals surface area contributed by atoms with Crippen LogP contribution < -0.4 is 10.6 Å². The minimum absolute atomic E-state index is 0.0521. The summed E-state index contributed by atoms with van der Waals surface area (Å²) in [6, 6.07) is 8.51. The zero-order valence-corrected chi connectivity index (χ0v) is 12.9. The number of carbonyl (C=O) groups is 1. The number of rotatable bonds is 5. The average Bonchev–Trinajstić information content (AvgIpc) is 3.11. The Morgan fingerprint density at radius 1 is 1.33 bits per heavy atom. The number of amides is 2. The number of hydrogen-bond acceptors (Lipinski definition) is 2. The van der Waals surface area contributed by atoms with Gasteiger partial charge in [0, 0.05) is 17.6 Å². The van der Waals surface area contributed by atoms with Crippen LogP contribution in [0, 0.1) is 0 Å². The molecular formula is C16H22ClN3O. The number of nitrogens with one attached hydrogen (secondary N) is 2. The lowest BCUT2D eigenvalue weighted by Crippen LogP contribution is -2.42. The van der Waals surface area contributed by atoms with Gasteiger partial charge in [-0.25, -0.2) is 4.79 Å². The van der Waals surface area contributed by atoms with E-state index in [1.54, 1.807) is 0 Å². The van der Waals surface area contributed by atoms with E-state index < -0.39 is 0 Å². The molecule has 21 heavy (non-hydrogen) atoms. The first-order chi connectivity index (χ1) is 10.2. The van der Waals surface area contributed by atoms with Crippen molar-refractivity contribution >= 4 is 17.6 Å². The number of halogens is 1. The molecule has 1 aliphatic carbocycles. The fourth-order valence-electron chi connectivity index (χ4n) is 2.88. The second kappa shape index (κ2) is 6.67. The van der Waals surface area contributed by atoms with Crippen molar-refractivity contribution in [2.24, 2.45) is 0 Å². The summed E-state index contributed by atoms with van der Waals surface area (Å²) in [5.41, 5.74) is 1.18. The predicted octanol–water partition coefficient (Wildman–Crippen LogP) is 2.94. The Balaban J connectivity index is 1.65. The highest BCUT2D eigenvalue weighted by Gasteiger charge is 2.26. The van der Waals surface area contributed by atoms with Gasteiger partial charge in [-0.05, 0) is 56.5 Å². The summed E-state index contributed by atoms with van der Waals surface area (Å²) < 4.78 is 0. The zero-order valence-electron chi connectivity index (χ0n) is 12.1. The number of urea groups is 1. The largest absolute Gasteiger partial charge is 0.336 e. The lowest BCUT2D eigenvalue weighted by Gasteiger charge is -2.28. The van der Waals surface area contributed by atoms with E-state index in [1.165, 1.54) is 18.4 Å². The summed E-state index contributed by atoms with van der Waals surface area (Å²) in [5, 5.41) is 6.73. The van der Waals surface area contributed by atoms with Crippen LogP contribution in [-0.4, -0.2) is 36.6 Å². The standard InChI is InChI=1S/C16H22ClN3O/c17-13-5-3-4-12(10-13)15(20-8-1-2-9-20)11-18-16(21)19-14-6-7-14/h3-5,10,14-15H,1-2,6-9,11H2,(H2,18,19,21). The normalized spacial score (nSPS) is 20.2. The smallest absolute Gasteiger partial charge is 0.315 e. The highest BCUT2D eigenvalue weighted by Crippen LogP contribution is 2.26. The van der Waals surface area contributed by atoms with Gasteiger partial charge < -0.3 is 10.6 Å². The molecule has 0 aromatic heterocycles. The van der Waals surface area contributed by atoms with Crippen molar-refractivity contribution in [1.82, 2.24) is 15.5 Å². The van der Waals surface area contributed by atoms with Crippen LogP contribution in [0.2, 0.25) is 5.02 Å². The zero-order chi connectivity index (χ0) is 14.7. The van der Waals surface area contributed by atoms with Crippen LogP contribution in [0.15, 0.2) is 24.3 Å². The topological polar surface area (TPSA) is 44.4 Å². The quantitative estimate of drug-likeness (QED) is 0.878. The molecule has 4 nitrogen and oxygen atoms in total. The van der Waals surface area contributed by atoms with Crippen LogP contribution in [0.25, 0.3) is 0 Å². The first-order valence-electron chi connectivity index (χ1n) is 7.76. The summed E-state index contributed by atoms with van der Waals surface area (Å²) >= 11 is 6.12. The van der Waals surface area contributed by atoms with Gasteiger partial charge in [0.15, 0.2) is 0 Å². The second-order valence-electron chi connectivity index (χ2n) is 5.94. The van der Waals surface area contributed by atoms with Crippen molar-refractivity contribution in [1.29, 1.82) is 0 Å². The Kier molecular flexibility index (Phi) is 4.66. The molecule has 0 spiro atoms. The van der Waals surface area contributed by atoms with Crippen LogP contribution >= 0.6 is 11.6 Å². The van der Waals surface area contributed by atoms with Gasteiger partial charge in [-0.15, -0.1) is 0 Å². The Morgan fingerprint density at radius 2 is 2.10 bits per heavy atom. The Labute approximate surface area is 130 Å². The second-order valence-corrected chi connectivity index (χ2v) is 6.38. The van der Waals surface area contributed by atoms with E-state index in [1.807, 2.05) is 18.2 Å². The molecule has 5 heteroatoms. The predicted molar refractivity (Wildman–Crippen MR) is 84.6 cm³/mol. The maximum absolute atomic E-state index is 11.8. The van der Waals surface area contributed by atoms with Crippen molar-refractivity contribution in [3.05, 3.63) is 34.9 Å². The molecule has 2 N–H and O–H groups in total. The van der Waals surface area contributed by atoms with Gasteiger partial charge >= 0.3 is 6.03 Å². The van der Waals surface area contributed by atoms with E-state index in [0.29, 0.717) is 12.6 Å². The fraction of sp³-hybridized carbons (Fsp3) is 0.562. The molecule has 1 aromatic carbocycles. The maximum Gasteiger partial charge on any atom is 0.315 e. The van der Waals surface area contributed by atoms with Gasteiger partial charge in [0.05, 0.1) is 6.04 Å². The summed E-state index contributed by atoms with van der Waals surface area (Å²) in [7, 11) is 0. The summed E-state index contributed by atoms with van der Waals surface area (Å²) in [5.74, 6) is 0. The summed E-state index contributed by atoms with van der Waals surface area (Å²) in [4.78, 5) is 14.3. The SMILES string of the molecule is O=C(NCC(c1cccc(Cl)c1)N1CCCC1)NC1CC1. The third kappa shape index (κ3) is 4.11. The Hall–Kier alpha value is -1.26. The third-order valence-electron chi connectivity index (χ3n) is 4.18. The minimum atomic E-state index is -0.0521. The number of hydrogen-bond donors (Lipinski definition) is 2. The van der Waals surface area contributed by atoms with Gasteiger partial charge in [0.25, 0.3) is 0 Å². The number of likely N-dealkylation sites (tertiary alicyclic amines) is 1. The highest BCUT2D eigenvalue weighted by molar-refractivity contribution is 6.30. The lowest BCUT2D eigenvalue weighted by molar-refractivity contribution is 0.220. The van der Waals surface area contributed by atoms with Crippen LogP contribution in [-0.2, 0) is 0 Å². The van der Waals surface area contributed by atoms with Crippen LogP contribution in [0.5, 0.6) is 0 Å². The summed E-state index contributed by atoms with van der Waals surface area (Å²) in [6.45, 7) is 2.80. The molecule has 2 amide bonds. The number of benzene rings is 1. The van der Waals surface area contributed by atoms with E-state index in [4.69, 9.17) is 11.6 Å². The Morgan fingerprint density at radius 3 is 2.76 bits per heavy atom. The van der Waals surface area contributed by atoms with Crippen molar-refractivity contribution in [3.8, 4) is 0 Å². The van der Waals surface area contributed by atoms with Crippen LogP contribution in [0.1, 0.15) is 37.3 Å². The molecule has 3 rings (SSSR count). The molecule has 1 unspecified atom stereocenters. The molecule has 1 aromatic rings. The minimum Gasteiger partial charge on any atom is -0.336 e.